The van der Waals surface area contributed by atoms with Crippen LogP contribution in [0.3, 0.4) is 0 Å². The molecule has 1 aromatic heterocycles. The van der Waals surface area contributed by atoms with Gasteiger partial charge in [-0.3, -0.25) is 4.79 Å². The maximum Gasteiger partial charge on any atom is 0.244 e. The molecule has 6 heteroatoms. The van der Waals surface area contributed by atoms with Crippen molar-refractivity contribution < 1.29 is 4.79 Å². The fraction of sp³-hybridized carbons (Fsp3) is 0.412. The second kappa shape index (κ2) is 6.63. The molecular weight excluding hydrogens is 326 g/mol. The number of hydrogen-bond acceptors (Lipinski definition) is 5. The smallest absolute Gasteiger partial charge is 0.244 e. The van der Waals surface area contributed by atoms with Crippen LogP contribution in [0.1, 0.15) is 12.8 Å². The molecule has 4 nitrogen and oxygen atoms in total. The number of thioether (sulfide) groups is 1. The van der Waals surface area contributed by atoms with Gasteiger partial charge in [-0.05, 0) is 49.4 Å². The highest BCUT2D eigenvalue weighted by molar-refractivity contribution is 8.03. The summed E-state index contributed by atoms with van der Waals surface area (Å²) in [5, 5.41) is 5.01. The van der Waals surface area contributed by atoms with Crippen molar-refractivity contribution in [3.05, 3.63) is 35.7 Å². The third-order valence-electron chi connectivity index (χ3n) is 4.65. The molecule has 2 aromatic rings. The predicted octanol–water partition coefficient (Wildman–Crippen LogP) is 3.11. The Morgan fingerprint density at radius 3 is 2.91 bits per heavy atom. The molecule has 1 N–H and O–H groups in total. The first-order valence-corrected chi connectivity index (χ1v) is 9.69. The summed E-state index contributed by atoms with van der Waals surface area (Å²) in [5.41, 5.74) is 1.02. The number of carbonyl (C=O) groups is 1. The van der Waals surface area contributed by atoms with Crippen molar-refractivity contribution >= 4 is 39.2 Å². The van der Waals surface area contributed by atoms with E-state index < -0.39 is 0 Å². The number of fused-ring (bicyclic) bond motifs is 4. The van der Waals surface area contributed by atoms with Gasteiger partial charge in [-0.2, -0.15) is 0 Å². The minimum Gasteiger partial charge on any atom is -0.348 e. The zero-order valence-electron chi connectivity index (χ0n) is 12.8. The highest BCUT2D eigenvalue weighted by Crippen LogP contribution is 2.30. The Labute approximate surface area is 144 Å². The van der Waals surface area contributed by atoms with Gasteiger partial charge in [0.25, 0.3) is 0 Å². The van der Waals surface area contributed by atoms with Gasteiger partial charge in [-0.15, -0.1) is 11.3 Å². The maximum atomic E-state index is 12.1. The van der Waals surface area contributed by atoms with Gasteiger partial charge < -0.3 is 10.2 Å². The maximum absolute atomic E-state index is 12.1. The lowest BCUT2D eigenvalue weighted by Gasteiger charge is -2.44. The van der Waals surface area contributed by atoms with E-state index in [0.717, 1.165) is 16.4 Å². The van der Waals surface area contributed by atoms with Crippen molar-refractivity contribution in [2.45, 2.75) is 23.2 Å². The van der Waals surface area contributed by atoms with Gasteiger partial charge in [-0.1, -0.05) is 23.9 Å². The summed E-state index contributed by atoms with van der Waals surface area (Å²) in [5.74, 6) is 0.673. The quantitative estimate of drug-likeness (QED) is 0.683. The summed E-state index contributed by atoms with van der Waals surface area (Å²) in [7, 11) is 0. The topological polar surface area (TPSA) is 45.2 Å². The second-order valence-electron chi connectivity index (χ2n) is 6.12. The molecule has 3 aliphatic heterocycles. The van der Waals surface area contributed by atoms with Gasteiger partial charge in [0.1, 0.15) is 0 Å². The molecule has 3 saturated heterocycles. The lowest BCUT2D eigenvalue weighted by atomic mass is 9.84. The fourth-order valence-electron chi connectivity index (χ4n) is 3.41. The average molecular weight is 345 g/mol. The van der Waals surface area contributed by atoms with Crippen LogP contribution in [0.25, 0.3) is 10.2 Å². The summed E-state index contributed by atoms with van der Waals surface area (Å²) >= 11 is 3.16. The van der Waals surface area contributed by atoms with Crippen molar-refractivity contribution in [2.75, 3.05) is 19.6 Å². The van der Waals surface area contributed by atoms with Gasteiger partial charge in [-0.25, -0.2) is 4.98 Å². The number of thiazole rings is 1. The highest BCUT2D eigenvalue weighted by atomic mass is 32.2. The van der Waals surface area contributed by atoms with E-state index in [9.17, 15) is 4.79 Å². The Morgan fingerprint density at radius 2 is 2.17 bits per heavy atom. The first-order valence-electron chi connectivity index (χ1n) is 7.99. The summed E-state index contributed by atoms with van der Waals surface area (Å²) < 4.78 is 2.15. The second-order valence-corrected chi connectivity index (χ2v) is 8.30. The first kappa shape index (κ1) is 15.2. The van der Waals surface area contributed by atoms with Crippen molar-refractivity contribution in [1.29, 1.82) is 0 Å². The normalized spacial score (nSPS) is 26.9. The molecule has 2 bridgehead atoms. The number of amides is 1. The number of aromatic nitrogens is 1. The van der Waals surface area contributed by atoms with Gasteiger partial charge in [0.2, 0.25) is 5.91 Å². The summed E-state index contributed by atoms with van der Waals surface area (Å²) in [4.78, 5) is 19.1. The van der Waals surface area contributed by atoms with Crippen LogP contribution < -0.4 is 5.32 Å². The Bertz CT molecular complexity index is 701. The van der Waals surface area contributed by atoms with Crippen molar-refractivity contribution in [2.24, 2.45) is 5.92 Å². The molecule has 0 saturated carbocycles. The SMILES string of the molecule is O=C(/C=C/Sc1nc2ccccc2s1)N[C@H]1CN2CCC1CC2. The molecule has 3 aliphatic rings. The molecule has 23 heavy (non-hydrogen) atoms. The van der Waals surface area contributed by atoms with Crippen LogP contribution in [0.4, 0.5) is 0 Å². The van der Waals surface area contributed by atoms with Gasteiger partial charge in [0.05, 0.1) is 10.2 Å². The van der Waals surface area contributed by atoms with Crippen LogP contribution in [-0.4, -0.2) is 41.5 Å². The van der Waals surface area contributed by atoms with Crippen molar-refractivity contribution in [3.63, 3.8) is 0 Å². The molecule has 120 valence electrons. The summed E-state index contributed by atoms with van der Waals surface area (Å²) in [6.07, 6.45) is 4.07. The van der Waals surface area contributed by atoms with E-state index in [1.165, 1.54) is 42.4 Å². The largest absolute Gasteiger partial charge is 0.348 e. The standard InChI is InChI=1S/C17H19N3OS2/c21-16(18-14-11-20-8-5-12(14)6-9-20)7-10-22-17-19-13-3-1-2-4-15(13)23-17/h1-4,7,10,12,14H,5-6,8-9,11H2,(H,18,21)/b10-7+/t14-/m0/s1. The Kier molecular flexibility index (Phi) is 4.37. The van der Waals surface area contributed by atoms with Crippen LogP contribution in [0.5, 0.6) is 0 Å². The van der Waals surface area contributed by atoms with E-state index in [1.54, 1.807) is 17.4 Å². The third-order valence-corrected chi connectivity index (χ3v) is 6.58. The van der Waals surface area contributed by atoms with Crippen LogP contribution in [0.15, 0.2) is 40.1 Å². The lowest BCUT2D eigenvalue weighted by molar-refractivity contribution is -0.118. The van der Waals surface area contributed by atoms with Crippen LogP contribution >= 0.6 is 23.1 Å². The van der Waals surface area contributed by atoms with E-state index in [2.05, 4.69) is 21.3 Å². The molecule has 5 rings (SSSR count). The molecular formula is C17H19N3OS2. The Balaban J connectivity index is 1.32. The van der Waals surface area contributed by atoms with Crippen molar-refractivity contribution in [3.8, 4) is 0 Å². The van der Waals surface area contributed by atoms with Gasteiger partial charge >= 0.3 is 0 Å². The molecule has 3 fully saturated rings. The third kappa shape index (κ3) is 3.44. The van der Waals surface area contributed by atoms with E-state index in [-0.39, 0.29) is 5.91 Å². The van der Waals surface area contributed by atoms with Gasteiger partial charge in [0, 0.05) is 18.7 Å². The minimum atomic E-state index is 0.0114. The molecule has 0 spiro atoms. The molecule has 1 atom stereocenters. The molecule has 4 heterocycles. The van der Waals surface area contributed by atoms with Crippen LogP contribution in [-0.2, 0) is 4.79 Å². The zero-order chi connectivity index (χ0) is 15.6. The predicted molar refractivity (Wildman–Crippen MR) is 95.7 cm³/mol. The molecule has 1 amide bonds. The molecule has 1 aromatic carbocycles. The zero-order valence-corrected chi connectivity index (χ0v) is 14.4. The van der Waals surface area contributed by atoms with Crippen molar-refractivity contribution in [1.82, 2.24) is 15.2 Å². The molecule has 0 aliphatic carbocycles. The van der Waals surface area contributed by atoms with Gasteiger partial charge in [0.15, 0.2) is 4.34 Å². The number of para-hydroxylation sites is 1. The van der Waals surface area contributed by atoms with Crippen LogP contribution in [0, 0.1) is 5.92 Å². The first-order chi connectivity index (χ1) is 11.3. The molecule has 0 radical (unpaired) electrons. The number of rotatable bonds is 4. The number of carbonyl (C=O) groups excluding carboxylic acids is 1. The number of benzene rings is 1. The van der Waals surface area contributed by atoms with E-state index in [4.69, 9.17) is 0 Å². The van der Waals surface area contributed by atoms with E-state index in [1.807, 2.05) is 23.6 Å². The lowest BCUT2D eigenvalue weighted by Crippen LogP contribution is -2.57. The monoisotopic (exact) mass is 345 g/mol. The highest BCUT2D eigenvalue weighted by Gasteiger charge is 2.34. The Morgan fingerprint density at radius 1 is 1.35 bits per heavy atom. The minimum absolute atomic E-state index is 0.0114. The average Bonchev–Trinajstić information content (AvgIpc) is 2.98. The summed E-state index contributed by atoms with van der Waals surface area (Å²) in [6.45, 7) is 3.40. The number of nitrogens with one attached hydrogen (secondary N) is 1. The number of piperidine rings is 3. The fourth-order valence-corrected chi connectivity index (χ4v) is 5.20. The van der Waals surface area contributed by atoms with E-state index >= 15 is 0 Å². The summed E-state index contributed by atoms with van der Waals surface area (Å²) in [6, 6.07) is 8.42. The van der Waals surface area contributed by atoms with Crippen LogP contribution in [0.2, 0.25) is 0 Å². The number of hydrogen-bond donors (Lipinski definition) is 1. The number of nitrogens with zero attached hydrogens (tertiary/aromatic N) is 2. The van der Waals surface area contributed by atoms with E-state index in [0.29, 0.717) is 12.0 Å². The molecule has 0 unspecified atom stereocenters. The Hall–Kier alpha value is -1.37.